The first-order valence-electron chi connectivity index (χ1n) is 6.53. The van der Waals surface area contributed by atoms with E-state index in [2.05, 4.69) is 21.2 Å². The zero-order valence-corrected chi connectivity index (χ0v) is 13.4. The average molecular weight is 332 g/mol. The van der Waals surface area contributed by atoms with Crippen molar-refractivity contribution in [1.29, 1.82) is 0 Å². The van der Waals surface area contributed by atoms with Gasteiger partial charge in [0.1, 0.15) is 6.61 Å². The molecule has 0 atom stereocenters. The van der Waals surface area contributed by atoms with Crippen LogP contribution in [0.5, 0.6) is 11.5 Å². The van der Waals surface area contributed by atoms with Crippen LogP contribution in [-0.2, 0) is 11.3 Å². The van der Waals surface area contributed by atoms with Gasteiger partial charge in [0.05, 0.1) is 17.7 Å². The van der Waals surface area contributed by atoms with E-state index in [1.807, 2.05) is 33.0 Å². The van der Waals surface area contributed by atoms with Crippen molar-refractivity contribution in [2.75, 3.05) is 33.5 Å². The zero-order chi connectivity index (χ0) is 14.1. The molecule has 0 aliphatic carbocycles. The summed E-state index contributed by atoms with van der Waals surface area (Å²) in [5, 5.41) is 3.12. The summed E-state index contributed by atoms with van der Waals surface area (Å²) in [5.74, 6) is 1.50. The third kappa shape index (κ3) is 5.38. The van der Waals surface area contributed by atoms with Crippen molar-refractivity contribution < 1.29 is 14.2 Å². The molecule has 0 heterocycles. The molecule has 0 amide bonds. The number of rotatable bonds is 9. The Bertz CT molecular complexity index is 385. The number of ether oxygens (including phenoxy) is 3. The maximum Gasteiger partial charge on any atom is 0.175 e. The van der Waals surface area contributed by atoms with E-state index in [9.17, 15) is 0 Å². The summed E-state index contributed by atoms with van der Waals surface area (Å²) in [6, 6.07) is 4.04. The molecule has 0 fully saturated rings. The average Bonchev–Trinajstić information content (AvgIpc) is 2.38. The molecule has 0 bridgehead atoms. The van der Waals surface area contributed by atoms with Crippen LogP contribution >= 0.6 is 15.9 Å². The third-order valence-electron chi connectivity index (χ3n) is 2.43. The van der Waals surface area contributed by atoms with Gasteiger partial charge in [0.25, 0.3) is 0 Å². The molecule has 19 heavy (non-hydrogen) atoms. The van der Waals surface area contributed by atoms with Crippen LogP contribution < -0.4 is 14.8 Å². The van der Waals surface area contributed by atoms with Crippen LogP contribution in [0.3, 0.4) is 0 Å². The highest BCUT2D eigenvalue weighted by molar-refractivity contribution is 9.10. The van der Waals surface area contributed by atoms with Crippen molar-refractivity contribution in [3.05, 3.63) is 22.2 Å². The van der Waals surface area contributed by atoms with Crippen LogP contribution in [0, 0.1) is 0 Å². The van der Waals surface area contributed by atoms with Gasteiger partial charge in [0.15, 0.2) is 11.5 Å². The van der Waals surface area contributed by atoms with Gasteiger partial charge in [0.2, 0.25) is 0 Å². The molecule has 108 valence electrons. The lowest BCUT2D eigenvalue weighted by atomic mass is 10.2. The van der Waals surface area contributed by atoms with Crippen molar-refractivity contribution in [2.45, 2.75) is 20.4 Å². The lowest BCUT2D eigenvalue weighted by molar-refractivity contribution is 0.108. The summed E-state index contributed by atoms with van der Waals surface area (Å²) in [6.07, 6.45) is 0. The topological polar surface area (TPSA) is 39.7 Å². The molecule has 5 heteroatoms. The second-order valence-electron chi connectivity index (χ2n) is 3.91. The minimum absolute atomic E-state index is 0.512. The van der Waals surface area contributed by atoms with Gasteiger partial charge in [-0.05, 0) is 54.5 Å². The smallest absolute Gasteiger partial charge is 0.175 e. The second kappa shape index (κ2) is 9.18. The van der Waals surface area contributed by atoms with E-state index in [4.69, 9.17) is 14.2 Å². The Kier molecular flexibility index (Phi) is 7.86. The standard InChI is InChI=1S/C14H22BrNO3/c1-4-17-6-7-19-14-12(15)8-11(10-16-3)9-13(14)18-5-2/h8-9,16H,4-7,10H2,1-3H3. The number of hydrogen-bond donors (Lipinski definition) is 1. The Hall–Kier alpha value is -0.780. The zero-order valence-electron chi connectivity index (χ0n) is 11.8. The van der Waals surface area contributed by atoms with E-state index in [0.717, 1.165) is 28.1 Å². The number of nitrogens with one attached hydrogen (secondary N) is 1. The fourth-order valence-electron chi connectivity index (χ4n) is 1.68. The molecule has 1 aromatic rings. The highest BCUT2D eigenvalue weighted by Crippen LogP contribution is 2.36. The van der Waals surface area contributed by atoms with Gasteiger partial charge >= 0.3 is 0 Å². The minimum atomic E-state index is 0.512. The van der Waals surface area contributed by atoms with Gasteiger partial charge in [0, 0.05) is 13.2 Å². The molecule has 0 saturated heterocycles. The van der Waals surface area contributed by atoms with Crippen LogP contribution in [0.4, 0.5) is 0 Å². The van der Waals surface area contributed by atoms with Crippen molar-refractivity contribution >= 4 is 15.9 Å². The van der Waals surface area contributed by atoms with Crippen LogP contribution in [0.15, 0.2) is 16.6 Å². The summed E-state index contributed by atoms with van der Waals surface area (Å²) < 4.78 is 17.5. The Morgan fingerprint density at radius 3 is 2.53 bits per heavy atom. The van der Waals surface area contributed by atoms with E-state index >= 15 is 0 Å². The van der Waals surface area contributed by atoms with Gasteiger partial charge in [-0.15, -0.1) is 0 Å². The first kappa shape index (κ1) is 16.3. The minimum Gasteiger partial charge on any atom is -0.490 e. The van der Waals surface area contributed by atoms with Gasteiger partial charge in [-0.3, -0.25) is 0 Å². The van der Waals surface area contributed by atoms with Gasteiger partial charge in [-0.25, -0.2) is 0 Å². The van der Waals surface area contributed by atoms with Crippen LogP contribution in [0.1, 0.15) is 19.4 Å². The van der Waals surface area contributed by atoms with Crippen molar-refractivity contribution in [3.8, 4) is 11.5 Å². The highest BCUT2D eigenvalue weighted by Gasteiger charge is 2.12. The Balaban J connectivity index is 2.81. The van der Waals surface area contributed by atoms with Crippen LogP contribution in [0.25, 0.3) is 0 Å². The lowest BCUT2D eigenvalue weighted by Gasteiger charge is -2.15. The molecule has 0 saturated carbocycles. The van der Waals surface area contributed by atoms with Gasteiger partial charge < -0.3 is 19.5 Å². The normalized spacial score (nSPS) is 10.5. The van der Waals surface area contributed by atoms with Crippen molar-refractivity contribution in [3.63, 3.8) is 0 Å². The van der Waals surface area contributed by atoms with Crippen LogP contribution in [-0.4, -0.2) is 33.5 Å². The summed E-state index contributed by atoms with van der Waals surface area (Å²) in [4.78, 5) is 0. The summed E-state index contributed by atoms with van der Waals surface area (Å²) in [6.45, 7) is 7.11. The molecule has 0 aromatic heterocycles. The largest absolute Gasteiger partial charge is 0.490 e. The third-order valence-corrected chi connectivity index (χ3v) is 3.02. The van der Waals surface area contributed by atoms with Gasteiger partial charge in [-0.1, -0.05) is 0 Å². The number of halogens is 1. The molecule has 0 aliphatic heterocycles. The summed E-state index contributed by atoms with van der Waals surface area (Å²) >= 11 is 3.53. The second-order valence-corrected chi connectivity index (χ2v) is 4.77. The van der Waals surface area contributed by atoms with E-state index in [1.165, 1.54) is 0 Å². The lowest BCUT2D eigenvalue weighted by Crippen LogP contribution is -2.09. The fraction of sp³-hybridized carbons (Fsp3) is 0.571. The summed E-state index contributed by atoms with van der Waals surface area (Å²) in [7, 11) is 1.92. The molecule has 4 nitrogen and oxygen atoms in total. The van der Waals surface area contributed by atoms with Crippen molar-refractivity contribution in [2.24, 2.45) is 0 Å². The molecular weight excluding hydrogens is 310 g/mol. The maximum atomic E-state index is 5.74. The first-order chi connectivity index (χ1) is 9.22. The van der Waals surface area contributed by atoms with E-state index < -0.39 is 0 Å². The van der Waals surface area contributed by atoms with Crippen molar-refractivity contribution in [1.82, 2.24) is 5.32 Å². The molecule has 1 aromatic carbocycles. The quantitative estimate of drug-likeness (QED) is 0.706. The predicted molar refractivity (Wildman–Crippen MR) is 80.1 cm³/mol. The molecule has 0 radical (unpaired) electrons. The fourth-order valence-corrected chi connectivity index (χ4v) is 2.28. The predicted octanol–water partition coefficient (Wildman–Crippen LogP) is 2.98. The Labute approximate surface area is 123 Å². The van der Waals surface area contributed by atoms with E-state index in [-0.39, 0.29) is 0 Å². The van der Waals surface area contributed by atoms with Crippen LogP contribution in [0.2, 0.25) is 0 Å². The molecule has 1 N–H and O–H groups in total. The van der Waals surface area contributed by atoms with E-state index in [0.29, 0.717) is 26.4 Å². The van der Waals surface area contributed by atoms with Gasteiger partial charge in [-0.2, -0.15) is 0 Å². The van der Waals surface area contributed by atoms with E-state index in [1.54, 1.807) is 0 Å². The summed E-state index contributed by atoms with van der Waals surface area (Å²) in [5.41, 5.74) is 1.15. The molecule has 0 aliphatic rings. The highest BCUT2D eigenvalue weighted by atomic mass is 79.9. The SMILES string of the molecule is CCOCCOc1c(Br)cc(CNC)cc1OCC. The molecule has 1 rings (SSSR count). The molecule has 0 spiro atoms. The Morgan fingerprint density at radius 2 is 1.89 bits per heavy atom. The molecule has 0 unspecified atom stereocenters. The molecular formula is C14H22BrNO3. The first-order valence-corrected chi connectivity index (χ1v) is 7.32. The Morgan fingerprint density at radius 1 is 1.11 bits per heavy atom. The maximum absolute atomic E-state index is 5.74. The monoisotopic (exact) mass is 331 g/mol. The number of benzene rings is 1. The number of hydrogen-bond acceptors (Lipinski definition) is 4.